The molecule has 0 radical (unpaired) electrons. The number of halogens is 3. The highest BCUT2D eigenvalue weighted by atomic mass is 19.4. The molecule has 2 N–H and O–H groups in total. The van der Waals surface area contributed by atoms with Crippen LogP contribution in [0.25, 0.3) is 0 Å². The van der Waals surface area contributed by atoms with E-state index in [1.165, 1.54) is 23.1 Å². The van der Waals surface area contributed by atoms with E-state index < -0.39 is 12.5 Å². The molecule has 0 aromatic heterocycles. The number of likely N-dealkylation sites (tertiary alicyclic amines) is 1. The summed E-state index contributed by atoms with van der Waals surface area (Å²) < 4.78 is 40.4. The molecule has 1 aromatic carbocycles. The molecule has 0 unspecified atom stereocenters. The second-order valence-electron chi connectivity index (χ2n) is 5.59. The maximum atomic E-state index is 12.2. The van der Waals surface area contributed by atoms with Crippen LogP contribution >= 0.6 is 0 Å². The molecule has 1 aliphatic heterocycles. The number of benzene rings is 1. The minimum atomic E-state index is -4.75. The first-order valence-electron chi connectivity index (χ1n) is 7.32. The van der Waals surface area contributed by atoms with Gasteiger partial charge in [0.2, 0.25) is 0 Å². The number of carbonyl (C=O) groups is 1. The van der Waals surface area contributed by atoms with E-state index in [1.54, 1.807) is 6.07 Å². The number of aliphatic hydroxyl groups is 1. The van der Waals surface area contributed by atoms with Gasteiger partial charge in [-0.05, 0) is 37.5 Å². The molecular weight excluding hydrogens is 313 g/mol. The van der Waals surface area contributed by atoms with Crippen molar-refractivity contribution in [3.63, 3.8) is 0 Å². The second-order valence-corrected chi connectivity index (χ2v) is 5.59. The Kier molecular flexibility index (Phi) is 5.35. The Bertz CT molecular complexity index is 551. The summed E-state index contributed by atoms with van der Waals surface area (Å²) >= 11 is 0. The van der Waals surface area contributed by atoms with Crippen molar-refractivity contribution in [1.29, 1.82) is 0 Å². The Morgan fingerprint density at radius 2 is 2.17 bits per heavy atom. The minimum absolute atomic E-state index is 0.0123. The summed E-state index contributed by atoms with van der Waals surface area (Å²) in [4.78, 5) is 13.7. The first-order valence-corrected chi connectivity index (χ1v) is 7.32. The van der Waals surface area contributed by atoms with Crippen LogP contribution in [-0.2, 0) is 6.54 Å². The smallest absolute Gasteiger partial charge is 0.406 e. The monoisotopic (exact) mass is 332 g/mol. The Labute approximate surface area is 132 Å². The number of aliphatic hydroxyl groups excluding tert-OH is 1. The van der Waals surface area contributed by atoms with Crippen molar-refractivity contribution in [2.24, 2.45) is 0 Å². The highest BCUT2D eigenvalue weighted by molar-refractivity contribution is 5.74. The van der Waals surface area contributed by atoms with Gasteiger partial charge < -0.3 is 20.1 Å². The van der Waals surface area contributed by atoms with E-state index in [9.17, 15) is 23.1 Å². The van der Waals surface area contributed by atoms with E-state index in [4.69, 9.17) is 0 Å². The number of rotatable bonds is 3. The van der Waals surface area contributed by atoms with Gasteiger partial charge in [0.25, 0.3) is 0 Å². The third-order valence-corrected chi connectivity index (χ3v) is 3.69. The summed E-state index contributed by atoms with van der Waals surface area (Å²) in [6.45, 7) is 2.22. The molecule has 2 amide bonds. The zero-order valence-electron chi connectivity index (χ0n) is 12.6. The molecule has 1 aliphatic rings. The summed E-state index contributed by atoms with van der Waals surface area (Å²) in [7, 11) is 0. The molecule has 8 heteroatoms. The fourth-order valence-corrected chi connectivity index (χ4v) is 2.50. The fraction of sp³-hybridized carbons (Fsp3) is 0.533. The third-order valence-electron chi connectivity index (χ3n) is 3.69. The van der Waals surface area contributed by atoms with Crippen LogP contribution in [0.4, 0.5) is 18.0 Å². The molecule has 5 nitrogen and oxygen atoms in total. The molecule has 128 valence electrons. The van der Waals surface area contributed by atoms with Crippen LogP contribution in [0, 0.1) is 0 Å². The molecule has 0 saturated carbocycles. The Morgan fingerprint density at radius 1 is 1.43 bits per heavy atom. The van der Waals surface area contributed by atoms with Crippen molar-refractivity contribution in [2.75, 3.05) is 6.54 Å². The lowest BCUT2D eigenvalue weighted by Crippen LogP contribution is -2.51. The van der Waals surface area contributed by atoms with Gasteiger partial charge in [-0.15, -0.1) is 13.2 Å². The first-order chi connectivity index (χ1) is 10.7. The van der Waals surface area contributed by atoms with Gasteiger partial charge in [-0.1, -0.05) is 12.1 Å². The van der Waals surface area contributed by atoms with E-state index in [2.05, 4.69) is 10.1 Å². The van der Waals surface area contributed by atoms with Crippen LogP contribution in [0.2, 0.25) is 0 Å². The molecule has 1 aromatic rings. The molecular formula is C15H19F3N2O3. The summed E-state index contributed by atoms with van der Waals surface area (Å²) in [5.41, 5.74) is 0.491. The number of nitrogens with one attached hydrogen (secondary N) is 1. The normalized spacial score (nSPS) is 21.9. The van der Waals surface area contributed by atoms with Crippen LogP contribution in [-0.4, -0.2) is 41.1 Å². The van der Waals surface area contributed by atoms with Crippen LogP contribution in [0.5, 0.6) is 5.75 Å². The molecule has 2 rings (SSSR count). The van der Waals surface area contributed by atoms with Crippen molar-refractivity contribution in [3.05, 3.63) is 29.8 Å². The van der Waals surface area contributed by atoms with Gasteiger partial charge in [-0.3, -0.25) is 0 Å². The number of nitrogens with zero attached hydrogens (tertiary/aromatic N) is 1. The number of alkyl halides is 3. The molecule has 1 saturated heterocycles. The predicted octanol–water partition coefficient (Wildman–Crippen LogP) is 2.64. The van der Waals surface area contributed by atoms with E-state index in [-0.39, 0.29) is 30.9 Å². The lowest BCUT2D eigenvalue weighted by molar-refractivity contribution is -0.274. The van der Waals surface area contributed by atoms with Crippen LogP contribution in [0.3, 0.4) is 0 Å². The number of hydrogen-bond donors (Lipinski definition) is 2. The number of hydrogen-bond acceptors (Lipinski definition) is 3. The molecule has 1 heterocycles. The minimum Gasteiger partial charge on any atom is -0.406 e. The van der Waals surface area contributed by atoms with Gasteiger partial charge in [0, 0.05) is 19.1 Å². The summed E-state index contributed by atoms with van der Waals surface area (Å²) in [5, 5.41) is 12.3. The van der Waals surface area contributed by atoms with Crippen molar-refractivity contribution < 1.29 is 27.8 Å². The summed E-state index contributed by atoms with van der Waals surface area (Å²) in [6, 6.07) is 5.11. The lowest BCUT2D eigenvalue weighted by Gasteiger charge is -2.36. The van der Waals surface area contributed by atoms with Gasteiger partial charge in [0.05, 0.1) is 6.10 Å². The predicted molar refractivity (Wildman–Crippen MR) is 76.8 cm³/mol. The SMILES string of the molecule is C[C@@H]1CC[C@H](O)CN1C(=O)NCc1cccc(OC(F)(F)F)c1. The van der Waals surface area contributed by atoms with E-state index >= 15 is 0 Å². The van der Waals surface area contributed by atoms with Crippen molar-refractivity contribution in [1.82, 2.24) is 10.2 Å². The largest absolute Gasteiger partial charge is 0.573 e. The van der Waals surface area contributed by atoms with Gasteiger partial charge >= 0.3 is 12.4 Å². The number of carbonyl (C=O) groups excluding carboxylic acids is 1. The van der Waals surface area contributed by atoms with Gasteiger partial charge in [-0.25, -0.2) is 4.79 Å². The Morgan fingerprint density at radius 3 is 2.87 bits per heavy atom. The maximum Gasteiger partial charge on any atom is 0.573 e. The molecule has 23 heavy (non-hydrogen) atoms. The molecule has 0 aliphatic carbocycles. The fourth-order valence-electron chi connectivity index (χ4n) is 2.50. The zero-order valence-corrected chi connectivity index (χ0v) is 12.6. The lowest BCUT2D eigenvalue weighted by atomic mass is 10.0. The highest BCUT2D eigenvalue weighted by Gasteiger charge is 2.31. The number of piperidine rings is 1. The third kappa shape index (κ3) is 5.31. The average molecular weight is 332 g/mol. The average Bonchev–Trinajstić information content (AvgIpc) is 2.46. The molecule has 0 spiro atoms. The standard InChI is InChI=1S/C15H19F3N2O3/c1-10-5-6-12(21)9-20(10)14(22)19-8-11-3-2-4-13(7-11)23-15(16,17)18/h2-4,7,10,12,21H,5-6,8-9H2,1H3,(H,19,22)/t10-,12+/m1/s1. The zero-order chi connectivity index (χ0) is 17.0. The first kappa shape index (κ1) is 17.4. The van der Waals surface area contributed by atoms with Gasteiger partial charge in [0.1, 0.15) is 5.75 Å². The van der Waals surface area contributed by atoms with E-state index in [0.717, 1.165) is 0 Å². The van der Waals surface area contributed by atoms with E-state index in [1.807, 2.05) is 6.92 Å². The number of β-amino-alcohol motifs (C(OH)–C–C–N with tert-alkyl or cyclic N) is 1. The Balaban J connectivity index is 1.92. The van der Waals surface area contributed by atoms with Crippen molar-refractivity contribution in [3.8, 4) is 5.75 Å². The topological polar surface area (TPSA) is 61.8 Å². The quantitative estimate of drug-likeness (QED) is 0.894. The summed E-state index contributed by atoms with van der Waals surface area (Å²) in [6.07, 6.45) is -3.92. The highest BCUT2D eigenvalue weighted by Crippen LogP contribution is 2.23. The number of ether oxygens (including phenoxy) is 1. The number of amides is 2. The van der Waals surface area contributed by atoms with Crippen LogP contribution in [0.1, 0.15) is 25.3 Å². The molecule has 1 fully saturated rings. The number of urea groups is 1. The van der Waals surface area contributed by atoms with Gasteiger partial charge in [-0.2, -0.15) is 0 Å². The molecule has 2 atom stereocenters. The molecule has 0 bridgehead atoms. The van der Waals surface area contributed by atoms with Crippen LogP contribution < -0.4 is 10.1 Å². The van der Waals surface area contributed by atoms with Gasteiger partial charge in [0.15, 0.2) is 0 Å². The maximum absolute atomic E-state index is 12.2. The van der Waals surface area contributed by atoms with Crippen LogP contribution in [0.15, 0.2) is 24.3 Å². The summed E-state index contributed by atoms with van der Waals surface area (Å²) in [5.74, 6) is -0.328. The van der Waals surface area contributed by atoms with Crippen molar-refractivity contribution >= 4 is 6.03 Å². The Hall–Kier alpha value is -1.96. The second kappa shape index (κ2) is 7.08. The van der Waals surface area contributed by atoms with E-state index in [0.29, 0.717) is 18.4 Å². The van der Waals surface area contributed by atoms with Crippen molar-refractivity contribution in [2.45, 2.75) is 44.8 Å².